The van der Waals surface area contributed by atoms with Crippen molar-refractivity contribution in [2.75, 3.05) is 24.5 Å². The van der Waals surface area contributed by atoms with Gasteiger partial charge in [0.05, 0.1) is 0 Å². The molecule has 0 aliphatic rings. The van der Waals surface area contributed by atoms with Crippen LogP contribution in [0.1, 0.15) is 26.7 Å². The number of nitrogens with one attached hydrogen (secondary N) is 1. The molecule has 0 heterocycles. The van der Waals surface area contributed by atoms with Crippen molar-refractivity contribution >= 4 is 11.6 Å². The number of carbonyl (C=O) groups is 1. The number of hydrogen-bond donors (Lipinski definition) is 2. The zero-order valence-electron chi connectivity index (χ0n) is 11.9. The van der Waals surface area contributed by atoms with Crippen LogP contribution >= 0.6 is 0 Å². The largest absolute Gasteiger partial charge is 0.372 e. The lowest BCUT2D eigenvalue weighted by molar-refractivity contribution is -0.121. The molecule has 0 spiro atoms. The standard InChI is InChI=1S/C15H25N3O/c1-3-18(14-8-5-4-6-9-14)11-7-10-17-15(19)12-13(2)16/h4-6,8-9,13H,3,7,10-12,16H2,1-2H3,(H,17,19). The van der Waals surface area contributed by atoms with Gasteiger partial charge < -0.3 is 16.0 Å². The maximum Gasteiger partial charge on any atom is 0.221 e. The maximum atomic E-state index is 11.4. The molecule has 1 atom stereocenters. The van der Waals surface area contributed by atoms with Gasteiger partial charge in [-0.2, -0.15) is 0 Å². The van der Waals surface area contributed by atoms with Gasteiger partial charge in [0.2, 0.25) is 5.91 Å². The zero-order valence-corrected chi connectivity index (χ0v) is 11.9. The molecule has 0 saturated heterocycles. The monoisotopic (exact) mass is 263 g/mol. The average Bonchev–Trinajstić information content (AvgIpc) is 2.39. The van der Waals surface area contributed by atoms with Gasteiger partial charge in [0, 0.05) is 37.8 Å². The lowest BCUT2D eigenvalue weighted by Crippen LogP contribution is -2.32. The summed E-state index contributed by atoms with van der Waals surface area (Å²) in [5, 5.41) is 2.90. The Hall–Kier alpha value is -1.55. The minimum atomic E-state index is -0.0727. The third-order valence-corrected chi connectivity index (χ3v) is 2.94. The van der Waals surface area contributed by atoms with E-state index in [9.17, 15) is 4.79 Å². The van der Waals surface area contributed by atoms with E-state index in [1.807, 2.05) is 25.1 Å². The molecule has 19 heavy (non-hydrogen) atoms. The number of anilines is 1. The molecule has 0 aliphatic carbocycles. The highest BCUT2D eigenvalue weighted by molar-refractivity contribution is 5.76. The Morgan fingerprint density at radius 3 is 2.63 bits per heavy atom. The summed E-state index contributed by atoms with van der Waals surface area (Å²) < 4.78 is 0. The van der Waals surface area contributed by atoms with E-state index in [0.717, 1.165) is 19.5 Å². The molecule has 0 aliphatic heterocycles. The summed E-state index contributed by atoms with van der Waals surface area (Å²) in [7, 11) is 0. The number of rotatable bonds is 8. The first kappa shape index (κ1) is 15.5. The number of para-hydroxylation sites is 1. The first-order chi connectivity index (χ1) is 9.13. The molecule has 0 aromatic heterocycles. The van der Waals surface area contributed by atoms with Crippen LogP contribution in [0.2, 0.25) is 0 Å². The fourth-order valence-corrected chi connectivity index (χ4v) is 1.97. The molecule has 1 unspecified atom stereocenters. The zero-order chi connectivity index (χ0) is 14.1. The van der Waals surface area contributed by atoms with Crippen molar-refractivity contribution in [3.63, 3.8) is 0 Å². The van der Waals surface area contributed by atoms with Crippen LogP contribution in [-0.4, -0.2) is 31.6 Å². The Labute approximate surface area is 116 Å². The van der Waals surface area contributed by atoms with Crippen LogP contribution in [0.25, 0.3) is 0 Å². The van der Waals surface area contributed by atoms with Gasteiger partial charge in [0.15, 0.2) is 0 Å². The van der Waals surface area contributed by atoms with Crippen LogP contribution in [0.15, 0.2) is 30.3 Å². The number of benzene rings is 1. The molecule has 4 nitrogen and oxygen atoms in total. The summed E-state index contributed by atoms with van der Waals surface area (Å²) in [6, 6.07) is 10.3. The Balaban J connectivity index is 2.26. The minimum absolute atomic E-state index is 0.0396. The topological polar surface area (TPSA) is 58.4 Å². The smallest absolute Gasteiger partial charge is 0.221 e. The van der Waals surface area contributed by atoms with Gasteiger partial charge in [0.1, 0.15) is 0 Å². The number of hydrogen-bond acceptors (Lipinski definition) is 3. The highest BCUT2D eigenvalue weighted by Gasteiger charge is 2.05. The SMILES string of the molecule is CCN(CCCNC(=O)CC(C)N)c1ccccc1. The van der Waals surface area contributed by atoms with Crippen LogP contribution < -0.4 is 16.0 Å². The van der Waals surface area contributed by atoms with Crippen LogP contribution in [0.5, 0.6) is 0 Å². The number of nitrogens with two attached hydrogens (primary N) is 1. The molecule has 0 bridgehead atoms. The third kappa shape index (κ3) is 6.25. The Morgan fingerprint density at radius 1 is 1.37 bits per heavy atom. The Kier molecular flexibility index (Phi) is 6.97. The Bertz CT molecular complexity index is 365. The molecule has 1 amide bonds. The van der Waals surface area contributed by atoms with E-state index in [2.05, 4.69) is 29.3 Å². The number of amides is 1. The molecule has 1 rings (SSSR count). The predicted octanol–water partition coefficient (Wildman–Crippen LogP) is 1.76. The van der Waals surface area contributed by atoms with Gasteiger partial charge in [-0.1, -0.05) is 18.2 Å². The van der Waals surface area contributed by atoms with E-state index >= 15 is 0 Å². The summed E-state index contributed by atoms with van der Waals surface area (Å²) >= 11 is 0. The summed E-state index contributed by atoms with van der Waals surface area (Å²) in [5.74, 6) is 0.0396. The molecule has 1 aromatic rings. The van der Waals surface area contributed by atoms with Crippen molar-refractivity contribution in [2.45, 2.75) is 32.7 Å². The van der Waals surface area contributed by atoms with Gasteiger partial charge in [-0.25, -0.2) is 0 Å². The van der Waals surface area contributed by atoms with Gasteiger partial charge in [-0.3, -0.25) is 4.79 Å². The van der Waals surface area contributed by atoms with E-state index in [0.29, 0.717) is 13.0 Å². The second-order valence-corrected chi connectivity index (χ2v) is 4.80. The van der Waals surface area contributed by atoms with E-state index in [1.54, 1.807) is 0 Å². The molecule has 0 radical (unpaired) electrons. The van der Waals surface area contributed by atoms with E-state index in [4.69, 9.17) is 5.73 Å². The molecule has 0 saturated carbocycles. The second kappa shape index (κ2) is 8.53. The van der Waals surface area contributed by atoms with Crippen LogP contribution in [0, 0.1) is 0 Å². The third-order valence-electron chi connectivity index (χ3n) is 2.94. The van der Waals surface area contributed by atoms with E-state index in [-0.39, 0.29) is 11.9 Å². The maximum absolute atomic E-state index is 11.4. The van der Waals surface area contributed by atoms with Gasteiger partial charge in [-0.05, 0) is 32.4 Å². The van der Waals surface area contributed by atoms with Gasteiger partial charge in [0.25, 0.3) is 0 Å². The molecule has 0 fully saturated rings. The van der Waals surface area contributed by atoms with Crippen LogP contribution in [0.3, 0.4) is 0 Å². The molecular weight excluding hydrogens is 238 g/mol. The lowest BCUT2D eigenvalue weighted by Gasteiger charge is -2.23. The molecular formula is C15H25N3O. The lowest BCUT2D eigenvalue weighted by atomic mass is 10.2. The fraction of sp³-hybridized carbons (Fsp3) is 0.533. The summed E-state index contributed by atoms with van der Waals surface area (Å²) in [5.41, 5.74) is 6.80. The summed E-state index contributed by atoms with van der Waals surface area (Å²) in [6.45, 7) is 6.60. The van der Waals surface area contributed by atoms with E-state index in [1.165, 1.54) is 5.69 Å². The number of nitrogens with zero attached hydrogens (tertiary/aromatic N) is 1. The van der Waals surface area contributed by atoms with Crippen molar-refractivity contribution in [2.24, 2.45) is 5.73 Å². The van der Waals surface area contributed by atoms with Gasteiger partial charge >= 0.3 is 0 Å². The fourth-order valence-electron chi connectivity index (χ4n) is 1.97. The second-order valence-electron chi connectivity index (χ2n) is 4.80. The normalized spacial score (nSPS) is 11.9. The van der Waals surface area contributed by atoms with Crippen molar-refractivity contribution < 1.29 is 4.79 Å². The van der Waals surface area contributed by atoms with Crippen molar-refractivity contribution in [3.8, 4) is 0 Å². The Morgan fingerprint density at radius 2 is 2.05 bits per heavy atom. The summed E-state index contributed by atoms with van der Waals surface area (Å²) in [6.07, 6.45) is 1.34. The van der Waals surface area contributed by atoms with Crippen molar-refractivity contribution in [3.05, 3.63) is 30.3 Å². The van der Waals surface area contributed by atoms with Crippen molar-refractivity contribution in [1.82, 2.24) is 5.32 Å². The number of carbonyl (C=O) groups excluding carboxylic acids is 1. The molecule has 106 valence electrons. The summed E-state index contributed by atoms with van der Waals surface area (Å²) in [4.78, 5) is 13.7. The average molecular weight is 263 g/mol. The van der Waals surface area contributed by atoms with Crippen molar-refractivity contribution in [1.29, 1.82) is 0 Å². The first-order valence-electron chi connectivity index (χ1n) is 6.95. The molecule has 1 aromatic carbocycles. The van der Waals surface area contributed by atoms with Gasteiger partial charge in [-0.15, -0.1) is 0 Å². The predicted molar refractivity (Wildman–Crippen MR) is 80.2 cm³/mol. The van der Waals surface area contributed by atoms with E-state index < -0.39 is 0 Å². The quantitative estimate of drug-likeness (QED) is 0.703. The highest BCUT2D eigenvalue weighted by Crippen LogP contribution is 2.12. The van der Waals surface area contributed by atoms with Crippen LogP contribution in [0.4, 0.5) is 5.69 Å². The minimum Gasteiger partial charge on any atom is -0.372 e. The van der Waals surface area contributed by atoms with Crippen LogP contribution in [-0.2, 0) is 4.79 Å². The first-order valence-corrected chi connectivity index (χ1v) is 6.95. The molecule has 3 N–H and O–H groups in total. The molecule has 4 heteroatoms. The highest BCUT2D eigenvalue weighted by atomic mass is 16.1.